The molecule has 1 amide bonds. The van der Waals surface area contributed by atoms with Gasteiger partial charge >= 0.3 is 6.09 Å². The summed E-state index contributed by atoms with van der Waals surface area (Å²) in [6.07, 6.45) is 1.12. The minimum absolute atomic E-state index is 0.00198. The van der Waals surface area contributed by atoms with Crippen molar-refractivity contribution in [3.63, 3.8) is 0 Å². The van der Waals surface area contributed by atoms with Gasteiger partial charge in [-0.2, -0.15) is 0 Å². The van der Waals surface area contributed by atoms with Gasteiger partial charge in [-0.05, 0) is 72.5 Å². The summed E-state index contributed by atoms with van der Waals surface area (Å²) in [5, 5.41) is 9.58. The monoisotopic (exact) mass is 438 g/mol. The maximum atomic E-state index is 12.4. The Balaban J connectivity index is 1.66. The summed E-state index contributed by atoms with van der Waals surface area (Å²) in [4.78, 5) is 29.4. The van der Waals surface area contributed by atoms with Crippen LogP contribution in [0, 0.1) is 0 Å². The number of benzene rings is 2. The number of anilines is 1. The fourth-order valence-corrected chi connectivity index (χ4v) is 6.41. The molecule has 2 atom stereocenters. The number of nitrogens with zero attached hydrogens (tertiary/aromatic N) is 2. The summed E-state index contributed by atoms with van der Waals surface area (Å²) < 4.78 is 5.34. The zero-order valence-corrected chi connectivity index (χ0v) is 18.6. The highest BCUT2D eigenvalue weighted by atomic mass is 32.2. The Morgan fingerprint density at radius 2 is 2.03 bits per heavy atom. The van der Waals surface area contributed by atoms with Gasteiger partial charge in [0, 0.05) is 42.1 Å². The van der Waals surface area contributed by atoms with Crippen LogP contribution >= 0.6 is 11.8 Å². The van der Waals surface area contributed by atoms with Gasteiger partial charge in [0.05, 0.1) is 12.8 Å². The predicted molar refractivity (Wildman–Crippen MR) is 122 cm³/mol. The number of piperidine rings is 1. The van der Waals surface area contributed by atoms with E-state index in [0.717, 1.165) is 36.3 Å². The van der Waals surface area contributed by atoms with Crippen LogP contribution < -0.4 is 9.64 Å². The maximum Gasteiger partial charge on any atom is 0.407 e. The summed E-state index contributed by atoms with van der Waals surface area (Å²) in [6.45, 7) is 3.71. The quantitative estimate of drug-likeness (QED) is 0.700. The van der Waals surface area contributed by atoms with Gasteiger partial charge in [0.15, 0.2) is 5.78 Å². The number of Topliss-reactive ketones (excluding diaryl/α,β-unsaturated/α-hetero) is 1. The maximum absolute atomic E-state index is 12.4. The van der Waals surface area contributed by atoms with E-state index in [4.69, 9.17) is 4.74 Å². The van der Waals surface area contributed by atoms with Crippen LogP contribution in [0.3, 0.4) is 0 Å². The van der Waals surface area contributed by atoms with E-state index < -0.39 is 6.09 Å². The number of rotatable bonds is 3. The van der Waals surface area contributed by atoms with Gasteiger partial charge < -0.3 is 19.6 Å². The van der Waals surface area contributed by atoms with Gasteiger partial charge in [0.25, 0.3) is 0 Å². The van der Waals surface area contributed by atoms with Crippen molar-refractivity contribution in [2.45, 2.75) is 36.6 Å². The second kappa shape index (κ2) is 7.79. The average Bonchev–Trinajstić information content (AvgIpc) is 2.92. The SMILES string of the molecule is COc1ccc(-c2cc3c4c(c2)[C@@H]2CN(C(=O)O)CC[C@@H]2N4CCCS3)c(C(C)=O)c1. The van der Waals surface area contributed by atoms with Crippen molar-refractivity contribution in [1.82, 2.24) is 4.90 Å². The molecule has 3 aliphatic rings. The van der Waals surface area contributed by atoms with Gasteiger partial charge in [-0.15, -0.1) is 11.8 Å². The predicted octanol–water partition coefficient (Wildman–Crippen LogP) is 4.72. The molecule has 3 heterocycles. The number of hydrogen-bond acceptors (Lipinski definition) is 5. The number of carbonyl (C=O) groups excluding carboxylic acids is 1. The van der Waals surface area contributed by atoms with Crippen LogP contribution in [0.4, 0.5) is 10.5 Å². The normalized spacial score (nSPS) is 21.9. The molecule has 0 aromatic heterocycles. The molecule has 1 N–H and O–H groups in total. The average molecular weight is 439 g/mol. The van der Waals surface area contributed by atoms with E-state index in [1.54, 1.807) is 25.0 Å². The molecule has 0 saturated carbocycles. The largest absolute Gasteiger partial charge is 0.497 e. The summed E-state index contributed by atoms with van der Waals surface area (Å²) >= 11 is 1.87. The number of carboxylic acid groups (broad SMARTS) is 1. The fourth-order valence-electron chi connectivity index (χ4n) is 5.33. The Morgan fingerprint density at radius 3 is 2.77 bits per heavy atom. The number of hydrogen-bond donors (Lipinski definition) is 1. The van der Waals surface area contributed by atoms with Crippen LogP contribution in [0.5, 0.6) is 5.75 Å². The van der Waals surface area contributed by atoms with Crippen molar-refractivity contribution in [3.05, 3.63) is 41.5 Å². The Bertz CT molecular complexity index is 1070. The van der Waals surface area contributed by atoms with Crippen molar-refractivity contribution in [1.29, 1.82) is 0 Å². The van der Waals surface area contributed by atoms with E-state index in [1.807, 2.05) is 23.9 Å². The van der Waals surface area contributed by atoms with Crippen LogP contribution in [0.15, 0.2) is 35.2 Å². The molecule has 2 aromatic carbocycles. The van der Waals surface area contributed by atoms with E-state index in [2.05, 4.69) is 17.0 Å². The number of fused-ring (bicyclic) bond motifs is 3. The molecule has 0 spiro atoms. The summed E-state index contributed by atoms with van der Waals surface area (Å²) in [5.41, 5.74) is 5.07. The molecule has 6 nitrogen and oxygen atoms in total. The summed E-state index contributed by atoms with van der Waals surface area (Å²) in [5.74, 6) is 1.89. The molecular weight excluding hydrogens is 412 g/mol. The van der Waals surface area contributed by atoms with Crippen molar-refractivity contribution in [3.8, 4) is 16.9 Å². The van der Waals surface area contributed by atoms with Crippen molar-refractivity contribution < 1.29 is 19.4 Å². The van der Waals surface area contributed by atoms with Gasteiger partial charge in [-0.1, -0.05) is 0 Å². The molecule has 0 aliphatic carbocycles. The molecule has 1 saturated heterocycles. The number of ketones is 1. The lowest BCUT2D eigenvalue weighted by molar-refractivity contribution is 0.101. The molecule has 0 bridgehead atoms. The first-order chi connectivity index (χ1) is 15.0. The van der Waals surface area contributed by atoms with Gasteiger partial charge in [0.1, 0.15) is 5.75 Å². The van der Waals surface area contributed by atoms with Crippen LogP contribution in [0.1, 0.15) is 41.6 Å². The molecule has 5 rings (SSSR count). The highest BCUT2D eigenvalue weighted by molar-refractivity contribution is 7.99. The molecule has 7 heteroatoms. The summed E-state index contributed by atoms with van der Waals surface area (Å²) in [6, 6.07) is 10.4. The molecule has 162 valence electrons. The van der Waals surface area contributed by atoms with Crippen LogP contribution in [-0.2, 0) is 0 Å². The van der Waals surface area contributed by atoms with Crippen LogP contribution in [-0.4, -0.2) is 60.4 Å². The third-order valence-corrected chi connectivity index (χ3v) is 7.87. The van der Waals surface area contributed by atoms with Crippen LogP contribution in [0.25, 0.3) is 11.1 Å². The van der Waals surface area contributed by atoms with Crippen LogP contribution in [0.2, 0.25) is 0 Å². The first-order valence-electron chi connectivity index (χ1n) is 10.7. The number of likely N-dealkylation sites (tertiary alicyclic amines) is 1. The Hall–Kier alpha value is -2.67. The minimum atomic E-state index is -0.842. The smallest absolute Gasteiger partial charge is 0.407 e. The van der Waals surface area contributed by atoms with E-state index >= 15 is 0 Å². The minimum Gasteiger partial charge on any atom is -0.497 e. The lowest BCUT2D eigenvalue weighted by atomic mass is 9.87. The lowest BCUT2D eigenvalue weighted by Gasteiger charge is -2.37. The molecular formula is C24H26N2O4S. The molecule has 0 unspecified atom stereocenters. The summed E-state index contributed by atoms with van der Waals surface area (Å²) in [7, 11) is 1.60. The van der Waals surface area contributed by atoms with Crippen molar-refractivity contribution >= 4 is 29.3 Å². The standard InChI is InChI=1S/C24H26N2O4S/c1-14(27)18-12-16(30-2)4-5-17(18)15-10-19-20-13-25(24(28)29)8-6-21(20)26-7-3-9-31-22(11-15)23(19)26/h4-5,10-12,20-21H,3,6-9,13H2,1-2H3,(H,28,29)/t20-,21-/m0/s1. The Morgan fingerprint density at radius 1 is 1.19 bits per heavy atom. The molecule has 2 aromatic rings. The van der Waals surface area contributed by atoms with Gasteiger partial charge in [-0.25, -0.2) is 4.79 Å². The second-order valence-corrected chi connectivity index (χ2v) is 9.60. The Kier molecular flexibility index (Phi) is 5.08. The highest BCUT2D eigenvalue weighted by Gasteiger charge is 2.44. The zero-order valence-electron chi connectivity index (χ0n) is 17.8. The second-order valence-electron chi connectivity index (χ2n) is 8.47. The molecule has 31 heavy (non-hydrogen) atoms. The van der Waals surface area contributed by atoms with Crippen molar-refractivity contribution in [2.75, 3.05) is 37.4 Å². The number of methoxy groups -OCH3 is 1. The van der Waals surface area contributed by atoms with Gasteiger partial charge in [0.2, 0.25) is 0 Å². The third-order valence-electron chi connectivity index (χ3n) is 6.76. The third kappa shape index (κ3) is 3.35. The Labute approximate surface area is 186 Å². The highest BCUT2D eigenvalue weighted by Crippen LogP contribution is 2.52. The number of carbonyl (C=O) groups is 2. The first-order valence-corrected chi connectivity index (χ1v) is 11.7. The van der Waals surface area contributed by atoms with E-state index in [1.165, 1.54) is 16.1 Å². The lowest BCUT2D eigenvalue weighted by Crippen LogP contribution is -2.48. The zero-order chi connectivity index (χ0) is 21.7. The first kappa shape index (κ1) is 20.2. The van der Waals surface area contributed by atoms with E-state index in [-0.39, 0.29) is 11.7 Å². The number of ether oxygens (including phenoxy) is 1. The molecule has 0 radical (unpaired) electrons. The number of thioether (sulfide) groups is 1. The number of amides is 1. The van der Waals surface area contributed by atoms with E-state index in [0.29, 0.717) is 30.4 Å². The topological polar surface area (TPSA) is 70.1 Å². The molecule has 3 aliphatic heterocycles. The van der Waals surface area contributed by atoms with E-state index in [9.17, 15) is 14.7 Å². The van der Waals surface area contributed by atoms with Gasteiger partial charge in [-0.3, -0.25) is 4.79 Å². The molecule has 1 fully saturated rings. The fraction of sp³-hybridized carbons (Fsp3) is 0.417. The van der Waals surface area contributed by atoms with Crippen molar-refractivity contribution in [2.24, 2.45) is 0 Å².